The van der Waals surface area contributed by atoms with Crippen molar-refractivity contribution in [3.63, 3.8) is 0 Å². The maximum absolute atomic E-state index is 13.2. The Morgan fingerprint density at radius 2 is 1.76 bits per heavy atom. The monoisotopic (exact) mass is 339 g/mol. The average Bonchev–Trinajstić information content (AvgIpc) is 3.13. The van der Waals surface area contributed by atoms with Crippen LogP contribution in [0.4, 0.5) is 10.1 Å². The highest BCUT2D eigenvalue weighted by Gasteiger charge is 2.13. The number of halogens is 1. The Morgan fingerprint density at radius 3 is 2.48 bits per heavy atom. The molecule has 3 rings (SSSR count). The molecule has 0 saturated carbocycles. The summed E-state index contributed by atoms with van der Waals surface area (Å²) in [6.45, 7) is 0.216. The molecule has 6 nitrogen and oxygen atoms in total. The number of carbonyl (C=O) groups excluding carboxylic acids is 2. The topological polar surface area (TPSA) is 84.2 Å². The second kappa shape index (κ2) is 7.39. The van der Waals surface area contributed by atoms with Gasteiger partial charge in [-0.05, 0) is 42.5 Å². The van der Waals surface area contributed by atoms with E-state index < -0.39 is 17.6 Å². The second-order valence-corrected chi connectivity index (χ2v) is 5.13. The number of benzene rings is 1. The fourth-order valence-corrected chi connectivity index (χ4v) is 2.12. The second-order valence-electron chi connectivity index (χ2n) is 5.13. The van der Waals surface area contributed by atoms with E-state index in [4.69, 9.17) is 4.42 Å². The predicted molar refractivity (Wildman–Crippen MR) is 88.5 cm³/mol. The van der Waals surface area contributed by atoms with Gasteiger partial charge in [-0.2, -0.15) is 0 Å². The lowest BCUT2D eigenvalue weighted by Gasteiger charge is -2.07. The van der Waals surface area contributed by atoms with Gasteiger partial charge in [-0.15, -0.1) is 0 Å². The number of hydrogen-bond acceptors (Lipinski definition) is 4. The highest BCUT2D eigenvalue weighted by atomic mass is 19.1. The number of pyridine rings is 1. The Morgan fingerprint density at radius 1 is 1.00 bits per heavy atom. The van der Waals surface area contributed by atoms with Crippen molar-refractivity contribution in [2.45, 2.75) is 6.54 Å². The van der Waals surface area contributed by atoms with Gasteiger partial charge >= 0.3 is 0 Å². The molecule has 0 aliphatic heterocycles. The van der Waals surface area contributed by atoms with Gasteiger partial charge in [-0.1, -0.05) is 12.1 Å². The molecule has 126 valence electrons. The zero-order valence-corrected chi connectivity index (χ0v) is 13.0. The molecule has 0 spiro atoms. The molecule has 0 aliphatic carbocycles. The van der Waals surface area contributed by atoms with E-state index >= 15 is 0 Å². The number of hydrogen-bond donors (Lipinski definition) is 2. The number of amides is 2. The number of furan rings is 1. The molecule has 2 aromatic heterocycles. The number of carbonyl (C=O) groups is 2. The van der Waals surface area contributed by atoms with Crippen molar-refractivity contribution in [1.82, 2.24) is 10.3 Å². The van der Waals surface area contributed by atoms with Crippen molar-refractivity contribution < 1.29 is 18.4 Å². The summed E-state index contributed by atoms with van der Waals surface area (Å²) < 4.78 is 18.3. The number of aromatic nitrogens is 1. The van der Waals surface area contributed by atoms with Crippen molar-refractivity contribution in [3.8, 4) is 0 Å². The Kier molecular flexibility index (Phi) is 4.84. The third-order valence-corrected chi connectivity index (χ3v) is 3.30. The minimum atomic E-state index is -0.536. The molecular weight excluding hydrogens is 325 g/mol. The molecule has 0 bridgehead atoms. The summed E-state index contributed by atoms with van der Waals surface area (Å²) in [5, 5.41) is 5.18. The van der Waals surface area contributed by atoms with Gasteiger partial charge in [0, 0.05) is 5.69 Å². The Hall–Kier alpha value is -3.48. The van der Waals surface area contributed by atoms with E-state index in [1.807, 2.05) is 0 Å². The van der Waals surface area contributed by atoms with E-state index in [0.717, 1.165) is 0 Å². The van der Waals surface area contributed by atoms with Crippen molar-refractivity contribution in [3.05, 3.63) is 83.8 Å². The van der Waals surface area contributed by atoms with Crippen LogP contribution >= 0.6 is 0 Å². The summed E-state index contributed by atoms with van der Waals surface area (Å²) in [4.78, 5) is 28.4. The summed E-state index contributed by atoms with van der Waals surface area (Å²) in [7, 11) is 0. The maximum atomic E-state index is 13.2. The highest BCUT2D eigenvalue weighted by molar-refractivity contribution is 6.03. The molecule has 2 amide bonds. The summed E-state index contributed by atoms with van der Waals surface area (Å²) in [5.74, 6) is -0.826. The molecule has 7 heteroatoms. The number of nitrogens with zero attached hydrogens (tertiary/aromatic N) is 1. The van der Waals surface area contributed by atoms with Gasteiger partial charge < -0.3 is 15.1 Å². The van der Waals surface area contributed by atoms with Crippen LogP contribution in [0.1, 0.15) is 26.7 Å². The van der Waals surface area contributed by atoms with Crippen LogP contribution in [0.5, 0.6) is 0 Å². The predicted octanol–water partition coefficient (Wildman–Crippen LogP) is 3.00. The van der Waals surface area contributed by atoms with Crippen LogP contribution in [-0.2, 0) is 6.54 Å². The lowest BCUT2D eigenvalue weighted by Crippen LogP contribution is -2.24. The molecule has 0 unspecified atom stereocenters. The summed E-state index contributed by atoms with van der Waals surface area (Å²) in [6.07, 6.45) is 1.51. The first-order valence-corrected chi connectivity index (χ1v) is 7.46. The van der Waals surface area contributed by atoms with E-state index in [9.17, 15) is 14.0 Å². The van der Waals surface area contributed by atoms with Gasteiger partial charge in [0.25, 0.3) is 11.8 Å². The fraction of sp³-hybridized carbons (Fsp3) is 0.0556. The quantitative estimate of drug-likeness (QED) is 0.748. The Balaban J connectivity index is 1.67. The first kappa shape index (κ1) is 16.4. The number of nitrogens with one attached hydrogen (secondary N) is 2. The Bertz CT molecular complexity index is 894. The van der Waals surface area contributed by atoms with Crippen molar-refractivity contribution in [2.75, 3.05) is 5.32 Å². The van der Waals surface area contributed by atoms with Crippen LogP contribution < -0.4 is 10.6 Å². The number of rotatable bonds is 5. The lowest BCUT2D eigenvalue weighted by atomic mass is 10.2. The van der Waals surface area contributed by atoms with Gasteiger partial charge in [0.2, 0.25) is 0 Å². The zero-order valence-electron chi connectivity index (χ0n) is 13.0. The van der Waals surface area contributed by atoms with Gasteiger partial charge in [0.15, 0.2) is 0 Å². The van der Waals surface area contributed by atoms with Gasteiger partial charge in [0.1, 0.15) is 23.0 Å². The minimum absolute atomic E-state index is 0.0508. The first-order chi connectivity index (χ1) is 12.1. The molecule has 0 radical (unpaired) electrons. The molecule has 2 N–H and O–H groups in total. The third-order valence-electron chi connectivity index (χ3n) is 3.30. The van der Waals surface area contributed by atoms with Crippen LogP contribution in [0.2, 0.25) is 0 Å². The van der Waals surface area contributed by atoms with Crippen LogP contribution in [0, 0.1) is 5.82 Å². The van der Waals surface area contributed by atoms with E-state index in [2.05, 4.69) is 15.6 Å². The summed E-state index contributed by atoms with van der Waals surface area (Å²) >= 11 is 0. The normalized spacial score (nSPS) is 10.3. The molecular formula is C18H14FN3O3. The Labute approximate surface area is 142 Å². The maximum Gasteiger partial charge on any atom is 0.274 e. The van der Waals surface area contributed by atoms with Gasteiger partial charge in [-0.3, -0.25) is 9.59 Å². The average molecular weight is 339 g/mol. The van der Waals surface area contributed by atoms with Crippen LogP contribution in [-0.4, -0.2) is 16.8 Å². The number of anilines is 1. The van der Waals surface area contributed by atoms with E-state index in [1.165, 1.54) is 36.6 Å². The van der Waals surface area contributed by atoms with E-state index in [0.29, 0.717) is 11.4 Å². The van der Waals surface area contributed by atoms with E-state index in [1.54, 1.807) is 24.3 Å². The molecule has 0 atom stereocenters. The largest absolute Gasteiger partial charge is 0.467 e. The highest BCUT2D eigenvalue weighted by Crippen LogP contribution is 2.11. The molecule has 2 heterocycles. The van der Waals surface area contributed by atoms with E-state index in [-0.39, 0.29) is 17.9 Å². The first-order valence-electron chi connectivity index (χ1n) is 7.46. The SMILES string of the molecule is O=C(NCc1ccco1)c1cccc(C(=O)Nc2cccc(F)c2)n1. The van der Waals surface area contributed by atoms with Crippen molar-refractivity contribution in [2.24, 2.45) is 0 Å². The summed E-state index contributed by atoms with van der Waals surface area (Å²) in [6, 6.07) is 13.5. The standard InChI is InChI=1S/C18H14FN3O3/c19-12-4-1-5-13(10-12)21-18(24)16-8-2-7-15(22-16)17(23)20-11-14-6-3-9-25-14/h1-10H,11H2,(H,20,23)(H,21,24). The third kappa shape index (κ3) is 4.29. The zero-order chi connectivity index (χ0) is 17.6. The molecule has 1 aromatic carbocycles. The molecule has 3 aromatic rings. The molecule has 0 fully saturated rings. The molecule has 0 aliphatic rings. The summed E-state index contributed by atoms with van der Waals surface area (Å²) in [5.41, 5.74) is 0.452. The van der Waals surface area contributed by atoms with Crippen molar-refractivity contribution >= 4 is 17.5 Å². The van der Waals surface area contributed by atoms with Crippen LogP contribution in [0.15, 0.2) is 65.3 Å². The van der Waals surface area contributed by atoms with Crippen molar-refractivity contribution in [1.29, 1.82) is 0 Å². The van der Waals surface area contributed by atoms with Gasteiger partial charge in [-0.25, -0.2) is 9.37 Å². The fourth-order valence-electron chi connectivity index (χ4n) is 2.12. The van der Waals surface area contributed by atoms with Gasteiger partial charge in [0.05, 0.1) is 12.8 Å². The minimum Gasteiger partial charge on any atom is -0.467 e. The lowest BCUT2D eigenvalue weighted by molar-refractivity contribution is 0.0943. The van der Waals surface area contributed by atoms with Crippen LogP contribution in [0.25, 0.3) is 0 Å². The molecule has 25 heavy (non-hydrogen) atoms. The molecule has 0 saturated heterocycles. The van der Waals surface area contributed by atoms with Crippen LogP contribution in [0.3, 0.4) is 0 Å². The smallest absolute Gasteiger partial charge is 0.274 e.